The Morgan fingerprint density at radius 3 is 2.18 bits per heavy atom. The molecule has 13 heteroatoms. The number of ether oxygens (including phenoxy) is 3. The summed E-state index contributed by atoms with van der Waals surface area (Å²) in [5.74, 6) is 0.974. The van der Waals surface area contributed by atoms with Crippen LogP contribution < -0.4 is 9.47 Å². The fraction of sp³-hybridized carbons (Fsp3) is 0.581. The normalized spacial score (nSPS) is 25.0. The van der Waals surface area contributed by atoms with E-state index < -0.39 is 37.3 Å². The molecule has 0 spiro atoms. The summed E-state index contributed by atoms with van der Waals surface area (Å²) in [6.45, 7) is 5.79. The van der Waals surface area contributed by atoms with E-state index in [1.54, 1.807) is 4.68 Å². The third kappa shape index (κ3) is 7.68. The third-order valence-corrected chi connectivity index (χ3v) is 8.38. The highest BCUT2D eigenvalue weighted by molar-refractivity contribution is 5.88. The zero-order valence-electron chi connectivity index (χ0n) is 24.8. The molecule has 3 heterocycles. The lowest BCUT2D eigenvalue weighted by atomic mass is 9.99. The highest BCUT2D eigenvalue weighted by atomic mass is 16.7. The lowest BCUT2D eigenvalue weighted by Crippen LogP contribution is -2.60. The van der Waals surface area contributed by atoms with Crippen LogP contribution in [0.2, 0.25) is 0 Å². The van der Waals surface area contributed by atoms with Crippen molar-refractivity contribution in [2.24, 2.45) is 0 Å². The van der Waals surface area contributed by atoms with E-state index in [2.05, 4.69) is 14.9 Å². The number of fused-ring (bicyclic) bond motifs is 1. The topological polar surface area (TPSA) is 173 Å². The van der Waals surface area contributed by atoms with Gasteiger partial charge in [-0.15, -0.1) is 5.10 Å². The van der Waals surface area contributed by atoms with Crippen LogP contribution in [0.25, 0.3) is 10.9 Å². The van der Waals surface area contributed by atoms with Gasteiger partial charge in [0.2, 0.25) is 12.2 Å². The number of aromatic nitrogens is 2. The van der Waals surface area contributed by atoms with Crippen molar-refractivity contribution in [1.29, 1.82) is 0 Å². The van der Waals surface area contributed by atoms with E-state index in [4.69, 9.17) is 19.3 Å². The van der Waals surface area contributed by atoms with Crippen LogP contribution in [-0.2, 0) is 24.1 Å². The molecule has 1 aromatic heterocycles. The zero-order valence-corrected chi connectivity index (χ0v) is 24.8. The van der Waals surface area contributed by atoms with Crippen LogP contribution in [0.5, 0.6) is 11.6 Å². The van der Waals surface area contributed by atoms with Gasteiger partial charge in [-0.2, -0.15) is 0 Å². The first kappa shape index (κ1) is 32.5. The molecule has 2 aliphatic heterocycles. The van der Waals surface area contributed by atoms with Gasteiger partial charge in [0.1, 0.15) is 36.8 Å². The van der Waals surface area contributed by atoms with Gasteiger partial charge >= 0.3 is 0 Å². The van der Waals surface area contributed by atoms with E-state index in [9.17, 15) is 25.5 Å². The summed E-state index contributed by atoms with van der Waals surface area (Å²) in [5.41, 5.74) is 2.79. The monoisotopic (exact) mass is 616 g/mol. The molecule has 0 radical (unpaired) electrons. The van der Waals surface area contributed by atoms with E-state index in [0.29, 0.717) is 18.4 Å². The summed E-state index contributed by atoms with van der Waals surface area (Å²) in [6.07, 6.45) is -5.74. The Morgan fingerprint density at radius 1 is 0.795 bits per heavy atom. The first-order valence-corrected chi connectivity index (χ1v) is 15.3. The second kappa shape index (κ2) is 15.4. The Balaban J connectivity index is 1.21. The molecule has 5 atom stereocenters. The van der Waals surface area contributed by atoms with Gasteiger partial charge in [0, 0.05) is 39.3 Å². The molecule has 0 amide bonds. The smallest absolute Gasteiger partial charge is 0.243 e. The van der Waals surface area contributed by atoms with Crippen molar-refractivity contribution >= 4 is 10.9 Å². The van der Waals surface area contributed by atoms with Crippen molar-refractivity contribution in [3.8, 4) is 11.6 Å². The maximum absolute atomic E-state index is 10.5. The minimum absolute atomic E-state index is 0.143. The minimum Gasteiger partial charge on any atom is -0.492 e. The first-order valence-electron chi connectivity index (χ1n) is 15.3. The molecule has 6 N–H and O–H groups in total. The van der Waals surface area contributed by atoms with Crippen LogP contribution >= 0.6 is 0 Å². The molecule has 2 aliphatic rings. The van der Waals surface area contributed by atoms with Crippen LogP contribution in [-0.4, -0.2) is 147 Å². The largest absolute Gasteiger partial charge is 0.492 e. The number of β-amino-alcohol motifs (C(OH)–C–C–N with tert-alkyl or cyclic N) is 1. The highest BCUT2D eigenvalue weighted by Gasteiger charge is 2.45. The van der Waals surface area contributed by atoms with Gasteiger partial charge < -0.3 is 44.8 Å². The number of benzene rings is 2. The third-order valence-electron chi connectivity index (χ3n) is 8.38. The predicted octanol–water partition coefficient (Wildman–Crippen LogP) is -1.02. The van der Waals surface area contributed by atoms with Crippen LogP contribution in [0, 0.1) is 0 Å². The maximum Gasteiger partial charge on any atom is 0.243 e. The molecule has 2 aromatic carbocycles. The Hall–Kier alpha value is -2.85. The van der Waals surface area contributed by atoms with Crippen LogP contribution in [0.1, 0.15) is 11.1 Å². The molecule has 0 saturated carbocycles. The Kier molecular flexibility index (Phi) is 11.4. The fourth-order valence-corrected chi connectivity index (χ4v) is 5.79. The van der Waals surface area contributed by atoms with Gasteiger partial charge in [0.15, 0.2) is 0 Å². The lowest BCUT2D eigenvalue weighted by Gasteiger charge is -2.39. The highest BCUT2D eigenvalue weighted by Crippen LogP contribution is 2.32. The molecule has 5 rings (SSSR count). The van der Waals surface area contributed by atoms with Crippen LogP contribution in [0.3, 0.4) is 0 Å². The van der Waals surface area contributed by atoms with E-state index >= 15 is 0 Å². The van der Waals surface area contributed by atoms with Crippen molar-refractivity contribution in [3.63, 3.8) is 0 Å². The average Bonchev–Trinajstić information content (AvgIpc) is 3.39. The molecule has 13 nitrogen and oxygen atoms in total. The van der Waals surface area contributed by atoms with Gasteiger partial charge in [-0.05, 0) is 42.2 Å². The van der Waals surface area contributed by atoms with Crippen molar-refractivity contribution < 1.29 is 44.8 Å². The number of piperazine rings is 1. The second-order valence-corrected chi connectivity index (χ2v) is 11.3. The number of aliphatic hydroxyl groups is 6. The van der Waals surface area contributed by atoms with Crippen molar-refractivity contribution in [2.45, 2.75) is 50.1 Å². The number of hydrogen-bond acceptors (Lipinski definition) is 12. The lowest BCUT2D eigenvalue weighted by molar-refractivity contribution is -0.278. The summed E-state index contributed by atoms with van der Waals surface area (Å²) < 4.78 is 19.1. The quantitative estimate of drug-likeness (QED) is 0.130. The van der Waals surface area contributed by atoms with E-state index in [-0.39, 0.29) is 25.6 Å². The second-order valence-electron chi connectivity index (χ2n) is 11.3. The Morgan fingerprint density at radius 2 is 1.50 bits per heavy atom. The first-order chi connectivity index (χ1) is 21.4. The number of hydrogen-bond donors (Lipinski definition) is 6. The van der Waals surface area contributed by atoms with Crippen molar-refractivity contribution in [1.82, 2.24) is 19.6 Å². The summed E-state index contributed by atoms with van der Waals surface area (Å²) in [7, 11) is 0. The van der Waals surface area contributed by atoms with Gasteiger partial charge in [-0.25, -0.2) is 0 Å². The van der Waals surface area contributed by atoms with Crippen molar-refractivity contribution in [3.05, 3.63) is 53.6 Å². The predicted molar refractivity (Wildman–Crippen MR) is 161 cm³/mol. The SMILES string of the molecule is OCCN1CCN(CCOc2ccc(CCc3cccc4c3c(O[C@@H]3O[C@H](CO)[C@@H](O)[C@H](O)[C@H]3O)nn4CCO)cc2)CC1. The van der Waals surface area contributed by atoms with Gasteiger partial charge in [0.25, 0.3) is 0 Å². The van der Waals surface area contributed by atoms with E-state index in [1.807, 2.05) is 42.5 Å². The summed E-state index contributed by atoms with van der Waals surface area (Å²) in [5, 5.41) is 64.3. The van der Waals surface area contributed by atoms with E-state index in [0.717, 1.165) is 68.1 Å². The van der Waals surface area contributed by atoms with E-state index in [1.165, 1.54) is 0 Å². The number of aryl methyl sites for hydroxylation is 2. The van der Waals surface area contributed by atoms with Gasteiger partial charge in [-0.1, -0.05) is 24.3 Å². The molecule has 0 aliphatic carbocycles. The van der Waals surface area contributed by atoms with Crippen LogP contribution in [0.4, 0.5) is 0 Å². The molecule has 0 bridgehead atoms. The maximum atomic E-state index is 10.5. The number of rotatable bonds is 14. The van der Waals surface area contributed by atoms with Crippen molar-refractivity contribution in [2.75, 3.05) is 65.7 Å². The Labute approximate surface area is 256 Å². The Bertz CT molecular complexity index is 1310. The molecular formula is C31H44N4O9. The van der Waals surface area contributed by atoms with Crippen LogP contribution in [0.15, 0.2) is 42.5 Å². The fourth-order valence-electron chi connectivity index (χ4n) is 5.79. The molecule has 0 unspecified atom stereocenters. The zero-order chi connectivity index (χ0) is 31.1. The molecule has 2 saturated heterocycles. The summed E-state index contributed by atoms with van der Waals surface area (Å²) >= 11 is 0. The summed E-state index contributed by atoms with van der Waals surface area (Å²) in [6, 6.07) is 13.8. The molecule has 44 heavy (non-hydrogen) atoms. The summed E-state index contributed by atoms with van der Waals surface area (Å²) in [4.78, 5) is 4.65. The van der Waals surface area contributed by atoms with Gasteiger partial charge in [0.05, 0.1) is 37.3 Å². The molecule has 2 fully saturated rings. The number of aliphatic hydroxyl groups excluding tert-OH is 6. The minimum atomic E-state index is -1.57. The molecule has 3 aromatic rings. The number of nitrogens with zero attached hydrogens (tertiary/aromatic N) is 4. The standard InChI is InChI=1S/C31H44N4O9/c36-17-14-33-10-12-34(13-11-33)16-19-42-23-8-5-21(6-9-23)4-7-22-2-1-3-24-26(22)30(32-35(24)15-18-37)44-31-29(41)28(40)27(39)25(20-38)43-31/h1-3,5-6,8-9,25,27-29,31,36-41H,4,7,10-20H2/t25-,27-,28+,29-,31+/m1/s1. The molecule has 242 valence electrons. The molecular weight excluding hydrogens is 572 g/mol. The van der Waals surface area contributed by atoms with Gasteiger partial charge in [-0.3, -0.25) is 14.5 Å². The average molecular weight is 617 g/mol.